The molecule has 82 valence electrons. The van der Waals surface area contributed by atoms with Crippen LogP contribution < -0.4 is 5.73 Å². The van der Waals surface area contributed by atoms with Crippen molar-refractivity contribution in [3.8, 4) is 0 Å². The van der Waals surface area contributed by atoms with Crippen LogP contribution in [0.2, 0.25) is 0 Å². The molecule has 0 aromatic rings. The number of carbonyl (C=O) groups is 1. The Labute approximate surface area is 86.0 Å². The third-order valence-corrected chi connectivity index (χ3v) is 2.82. The first-order valence-corrected chi connectivity index (χ1v) is 5.30. The number of hydrogen-bond donors (Lipinski definition) is 1. The summed E-state index contributed by atoms with van der Waals surface area (Å²) in [5, 5.41) is 0. The van der Waals surface area contributed by atoms with E-state index in [-0.39, 0.29) is 11.9 Å². The van der Waals surface area contributed by atoms with E-state index in [2.05, 4.69) is 11.9 Å². The largest absolute Gasteiger partial charge is 0.337 e. The van der Waals surface area contributed by atoms with Crippen LogP contribution in [-0.2, 0) is 4.79 Å². The van der Waals surface area contributed by atoms with Gasteiger partial charge in [-0.2, -0.15) is 0 Å². The predicted molar refractivity (Wildman–Crippen MR) is 56.9 cm³/mol. The number of amides is 1. The number of likely N-dealkylation sites (N-methyl/N-ethyl adjacent to an activating group) is 2. The second-order valence-electron chi connectivity index (χ2n) is 4.12. The SMILES string of the molecule is CCN(C(=O)[C@H](C)N)[C@H]1CCN(C)C1. The van der Waals surface area contributed by atoms with Crippen molar-refractivity contribution in [2.75, 3.05) is 26.7 Å². The molecular formula is C10H21N3O. The normalized spacial score (nSPS) is 25.0. The molecule has 0 aromatic heterocycles. The van der Waals surface area contributed by atoms with E-state index in [9.17, 15) is 4.79 Å². The maximum Gasteiger partial charge on any atom is 0.239 e. The molecule has 14 heavy (non-hydrogen) atoms. The highest BCUT2D eigenvalue weighted by Crippen LogP contribution is 2.14. The Kier molecular flexibility index (Phi) is 3.89. The van der Waals surface area contributed by atoms with E-state index >= 15 is 0 Å². The number of likely N-dealkylation sites (tertiary alicyclic amines) is 1. The molecule has 1 amide bonds. The average molecular weight is 199 g/mol. The molecule has 4 nitrogen and oxygen atoms in total. The summed E-state index contributed by atoms with van der Waals surface area (Å²) in [4.78, 5) is 15.9. The molecule has 1 aliphatic heterocycles. The van der Waals surface area contributed by atoms with E-state index in [1.165, 1.54) is 0 Å². The molecular weight excluding hydrogens is 178 g/mol. The lowest BCUT2D eigenvalue weighted by molar-refractivity contribution is -0.134. The van der Waals surface area contributed by atoms with Gasteiger partial charge in [0.2, 0.25) is 5.91 Å². The molecule has 1 saturated heterocycles. The average Bonchev–Trinajstić information content (AvgIpc) is 2.53. The molecule has 2 N–H and O–H groups in total. The van der Waals surface area contributed by atoms with Crippen molar-refractivity contribution in [1.82, 2.24) is 9.80 Å². The highest BCUT2D eigenvalue weighted by Gasteiger charge is 2.29. The summed E-state index contributed by atoms with van der Waals surface area (Å²) in [7, 11) is 2.09. The van der Waals surface area contributed by atoms with E-state index in [1.807, 2.05) is 11.8 Å². The van der Waals surface area contributed by atoms with E-state index in [4.69, 9.17) is 5.73 Å². The maximum atomic E-state index is 11.8. The Balaban J connectivity index is 2.58. The van der Waals surface area contributed by atoms with Gasteiger partial charge in [-0.05, 0) is 33.9 Å². The van der Waals surface area contributed by atoms with Crippen molar-refractivity contribution in [3.63, 3.8) is 0 Å². The van der Waals surface area contributed by atoms with E-state index < -0.39 is 0 Å². The predicted octanol–water partition coefficient (Wildman–Crippen LogP) is -0.114. The van der Waals surface area contributed by atoms with Gasteiger partial charge in [-0.15, -0.1) is 0 Å². The molecule has 4 heteroatoms. The number of rotatable bonds is 3. The maximum absolute atomic E-state index is 11.8. The van der Waals surface area contributed by atoms with Gasteiger partial charge in [-0.3, -0.25) is 4.79 Å². The van der Waals surface area contributed by atoms with Gasteiger partial charge in [0.15, 0.2) is 0 Å². The summed E-state index contributed by atoms with van der Waals surface area (Å²) in [6.45, 7) is 6.58. The molecule has 1 aliphatic rings. The van der Waals surface area contributed by atoms with Crippen molar-refractivity contribution in [1.29, 1.82) is 0 Å². The lowest BCUT2D eigenvalue weighted by Gasteiger charge is -2.29. The Hall–Kier alpha value is -0.610. The van der Waals surface area contributed by atoms with Gasteiger partial charge in [0.05, 0.1) is 6.04 Å². The number of nitrogens with zero attached hydrogens (tertiary/aromatic N) is 2. The van der Waals surface area contributed by atoms with Crippen molar-refractivity contribution < 1.29 is 4.79 Å². The topological polar surface area (TPSA) is 49.6 Å². The van der Waals surface area contributed by atoms with Crippen molar-refractivity contribution in [2.45, 2.75) is 32.4 Å². The summed E-state index contributed by atoms with van der Waals surface area (Å²) in [5.74, 6) is 0.0767. The zero-order valence-electron chi connectivity index (χ0n) is 9.36. The van der Waals surface area contributed by atoms with Crippen molar-refractivity contribution in [3.05, 3.63) is 0 Å². The molecule has 0 bridgehead atoms. The van der Waals surface area contributed by atoms with Crippen LogP contribution in [0, 0.1) is 0 Å². The molecule has 1 rings (SSSR count). The Bertz CT molecular complexity index is 206. The molecule has 0 aromatic carbocycles. The monoisotopic (exact) mass is 199 g/mol. The minimum absolute atomic E-state index is 0.0767. The van der Waals surface area contributed by atoms with E-state index in [1.54, 1.807) is 6.92 Å². The zero-order valence-corrected chi connectivity index (χ0v) is 9.36. The van der Waals surface area contributed by atoms with Crippen molar-refractivity contribution >= 4 is 5.91 Å². The van der Waals surface area contributed by atoms with Gasteiger partial charge in [-0.25, -0.2) is 0 Å². The molecule has 0 aliphatic carbocycles. The molecule has 0 radical (unpaired) electrons. The number of nitrogens with two attached hydrogens (primary N) is 1. The van der Waals surface area contributed by atoms with Crippen LogP contribution in [0.5, 0.6) is 0 Å². The summed E-state index contributed by atoms with van der Waals surface area (Å²) in [6, 6.07) is -0.00986. The summed E-state index contributed by atoms with van der Waals surface area (Å²) >= 11 is 0. The fourth-order valence-electron chi connectivity index (χ4n) is 2.02. The molecule has 0 unspecified atom stereocenters. The standard InChI is InChI=1S/C10H21N3O/c1-4-13(10(14)8(2)11)9-5-6-12(3)7-9/h8-9H,4-7,11H2,1-3H3/t8-,9-/m0/s1. The first-order chi connectivity index (χ1) is 6.56. The van der Waals surface area contributed by atoms with Crippen LogP contribution in [0.4, 0.5) is 0 Å². The Morgan fingerprint density at radius 2 is 2.36 bits per heavy atom. The quantitative estimate of drug-likeness (QED) is 0.690. The highest BCUT2D eigenvalue weighted by molar-refractivity contribution is 5.81. The van der Waals surface area contributed by atoms with Gasteiger partial charge in [0, 0.05) is 19.1 Å². The minimum Gasteiger partial charge on any atom is -0.337 e. The van der Waals surface area contributed by atoms with Gasteiger partial charge in [0.25, 0.3) is 0 Å². The van der Waals surface area contributed by atoms with Crippen LogP contribution in [0.15, 0.2) is 0 Å². The van der Waals surface area contributed by atoms with Gasteiger partial charge in [0.1, 0.15) is 0 Å². The van der Waals surface area contributed by atoms with Crippen LogP contribution in [-0.4, -0.2) is 54.5 Å². The molecule has 1 fully saturated rings. The molecule has 1 heterocycles. The lowest BCUT2D eigenvalue weighted by Crippen LogP contribution is -2.48. The molecule has 0 saturated carbocycles. The van der Waals surface area contributed by atoms with Gasteiger partial charge >= 0.3 is 0 Å². The fraction of sp³-hybridized carbons (Fsp3) is 0.900. The molecule has 0 spiro atoms. The third kappa shape index (κ3) is 2.45. The van der Waals surface area contributed by atoms with E-state index in [0.717, 1.165) is 26.1 Å². The zero-order chi connectivity index (χ0) is 10.7. The number of hydrogen-bond acceptors (Lipinski definition) is 3. The summed E-state index contributed by atoms with van der Waals surface area (Å²) in [5.41, 5.74) is 5.61. The first kappa shape index (κ1) is 11.5. The first-order valence-electron chi connectivity index (χ1n) is 5.30. The third-order valence-electron chi connectivity index (χ3n) is 2.82. The Morgan fingerprint density at radius 1 is 1.71 bits per heavy atom. The highest BCUT2D eigenvalue weighted by atomic mass is 16.2. The number of carbonyl (C=O) groups excluding carboxylic acids is 1. The fourth-order valence-corrected chi connectivity index (χ4v) is 2.02. The smallest absolute Gasteiger partial charge is 0.239 e. The summed E-state index contributed by atoms with van der Waals surface area (Å²) in [6.07, 6.45) is 1.07. The van der Waals surface area contributed by atoms with Crippen LogP contribution >= 0.6 is 0 Å². The van der Waals surface area contributed by atoms with Crippen LogP contribution in [0.25, 0.3) is 0 Å². The summed E-state index contributed by atoms with van der Waals surface area (Å²) < 4.78 is 0. The van der Waals surface area contributed by atoms with Crippen LogP contribution in [0.3, 0.4) is 0 Å². The second kappa shape index (κ2) is 4.75. The van der Waals surface area contributed by atoms with E-state index in [0.29, 0.717) is 6.04 Å². The Morgan fingerprint density at radius 3 is 2.71 bits per heavy atom. The van der Waals surface area contributed by atoms with Gasteiger partial charge < -0.3 is 15.5 Å². The van der Waals surface area contributed by atoms with Crippen LogP contribution in [0.1, 0.15) is 20.3 Å². The lowest BCUT2D eigenvalue weighted by atomic mass is 10.2. The second-order valence-corrected chi connectivity index (χ2v) is 4.12. The molecule has 2 atom stereocenters. The minimum atomic E-state index is -0.374. The van der Waals surface area contributed by atoms with Gasteiger partial charge in [-0.1, -0.05) is 0 Å². The van der Waals surface area contributed by atoms with Crippen molar-refractivity contribution in [2.24, 2.45) is 5.73 Å².